The fourth-order valence-corrected chi connectivity index (χ4v) is 3.07. The van der Waals surface area contributed by atoms with Crippen LogP contribution in [0.4, 0.5) is 0 Å². The maximum absolute atomic E-state index is 11.8. The molecule has 1 atom stereocenters. The molecule has 0 spiro atoms. The number of thioether (sulfide) groups is 1. The van der Waals surface area contributed by atoms with E-state index in [1.54, 1.807) is 0 Å². The fraction of sp³-hybridized carbons (Fsp3) is 0.800. The van der Waals surface area contributed by atoms with Crippen LogP contribution >= 0.6 is 11.8 Å². The van der Waals surface area contributed by atoms with E-state index < -0.39 is 0 Å². The van der Waals surface area contributed by atoms with Gasteiger partial charge in [-0.15, -0.1) is 5.10 Å². The quantitative estimate of drug-likeness (QED) is 0.861. The van der Waals surface area contributed by atoms with Crippen molar-refractivity contribution in [2.45, 2.75) is 48.6 Å². The smallest absolute Gasteiger partial charge is 0.233 e. The number of nitrogens with one attached hydrogen (secondary N) is 1. The molecule has 2 aliphatic rings. The number of rotatable bonds is 3. The normalized spacial score (nSPS) is 25.4. The number of amides is 1. The number of tetrazole rings is 1. The molecule has 1 aliphatic carbocycles. The van der Waals surface area contributed by atoms with Crippen LogP contribution < -0.4 is 5.32 Å². The maximum atomic E-state index is 11.8. The van der Waals surface area contributed by atoms with Crippen molar-refractivity contribution in [1.82, 2.24) is 25.5 Å². The zero-order valence-electron chi connectivity index (χ0n) is 9.50. The van der Waals surface area contributed by atoms with E-state index in [1.807, 2.05) is 4.68 Å². The SMILES string of the molecule is O=C1NCCCC[C@@H]1Sc1nnnn1C1CC1. The Labute approximate surface area is 104 Å². The third-order valence-electron chi connectivity index (χ3n) is 3.09. The van der Waals surface area contributed by atoms with Gasteiger partial charge in [-0.1, -0.05) is 18.2 Å². The molecule has 17 heavy (non-hydrogen) atoms. The molecule has 0 aromatic carbocycles. The maximum Gasteiger partial charge on any atom is 0.233 e. The van der Waals surface area contributed by atoms with Crippen LogP contribution in [0.2, 0.25) is 0 Å². The topological polar surface area (TPSA) is 72.7 Å². The van der Waals surface area contributed by atoms with Gasteiger partial charge in [0, 0.05) is 6.54 Å². The lowest BCUT2D eigenvalue weighted by Crippen LogP contribution is -2.30. The third-order valence-corrected chi connectivity index (χ3v) is 4.30. The minimum Gasteiger partial charge on any atom is -0.355 e. The summed E-state index contributed by atoms with van der Waals surface area (Å²) in [5.41, 5.74) is 0. The number of aromatic nitrogens is 4. The lowest BCUT2D eigenvalue weighted by Gasteiger charge is -2.11. The first-order chi connectivity index (χ1) is 8.34. The Morgan fingerprint density at radius 2 is 2.18 bits per heavy atom. The van der Waals surface area contributed by atoms with Crippen molar-refractivity contribution < 1.29 is 4.79 Å². The van der Waals surface area contributed by atoms with Gasteiger partial charge in [-0.2, -0.15) is 0 Å². The Morgan fingerprint density at radius 1 is 1.29 bits per heavy atom. The van der Waals surface area contributed by atoms with E-state index in [1.165, 1.54) is 11.8 Å². The van der Waals surface area contributed by atoms with Crippen molar-refractivity contribution in [3.8, 4) is 0 Å². The average Bonchev–Trinajstić information content (AvgIpc) is 3.09. The van der Waals surface area contributed by atoms with Gasteiger partial charge in [0.2, 0.25) is 11.1 Å². The molecule has 3 rings (SSSR count). The van der Waals surface area contributed by atoms with Gasteiger partial charge < -0.3 is 5.32 Å². The minimum absolute atomic E-state index is 0.0407. The zero-order chi connectivity index (χ0) is 11.7. The van der Waals surface area contributed by atoms with E-state index in [-0.39, 0.29) is 11.2 Å². The predicted octanol–water partition coefficient (Wildman–Crippen LogP) is 0.769. The van der Waals surface area contributed by atoms with Crippen LogP contribution in [0.5, 0.6) is 0 Å². The summed E-state index contributed by atoms with van der Waals surface area (Å²) in [4.78, 5) is 11.8. The third kappa shape index (κ3) is 2.43. The van der Waals surface area contributed by atoms with E-state index in [9.17, 15) is 4.79 Å². The Bertz CT molecular complexity index is 417. The van der Waals surface area contributed by atoms with E-state index >= 15 is 0 Å². The molecule has 2 heterocycles. The second kappa shape index (κ2) is 4.64. The Hall–Kier alpha value is -1.11. The standard InChI is InChI=1S/C10H15N5OS/c16-9-8(3-1-2-6-11-9)17-10-12-13-14-15(10)7-4-5-7/h7-8H,1-6H2,(H,11,16)/t8-/m0/s1. The molecule has 0 radical (unpaired) electrons. The first-order valence-corrected chi connectivity index (χ1v) is 6.95. The van der Waals surface area contributed by atoms with Gasteiger partial charge in [-0.05, 0) is 36.1 Å². The molecule has 7 heteroatoms. The lowest BCUT2D eigenvalue weighted by molar-refractivity contribution is -0.120. The van der Waals surface area contributed by atoms with Gasteiger partial charge >= 0.3 is 0 Å². The first kappa shape index (κ1) is 11.0. The lowest BCUT2D eigenvalue weighted by atomic mass is 10.2. The van der Waals surface area contributed by atoms with Crippen LogP contribution in [0.1, 0.15) is 38.1 Å². The zero-order valence-corrected chi connectivity index (χ0v) is 10.3. The Morgan fingerprint density at radius 3 is 3.00 bits per heavy atom. The summed E-state index contributed by atoms with van der Waals surface area (Å²) in [5.74, 6) is 0.123. The van der Waals surface area contributed by atoms with Gasteiger partial charge in [-0.25, -0.2) is 4.68 Å². The highest BCUT2D eigenvalue weighted by Gasteiger charge is 2.30. The first-order valence-electron chi connectivity index (χ1n) is 6.07. The van der Waals surface area contributed by atoms with Crippen molar-refractivity contribution in [2.24, 2.45) is 0 Å². The van der Waals surface area contributed by atoms with Crippen LogP contribution in [0, 0.1) is 0 Å². The molecule has 1 N–H and O–H groups in total. The Balaban J connectivity index is 1.71. The van der Waals surface area contributed by atoms with Crippen molar-refractivity contribution in [2.75, 3.05) is 6.54 Å². The van der Waals surface area contributed by atoms with Crippen molar-refractivity contribution in [3.05, 3.63) is 0 Å². The molecule has 2 fully saturated rings. The molecule has 1 aromatic heterocycles. The Kier molecular flexibility index (Phi) is 3.00. The number of carbonyl (C=O) groups is 1. The van der Waals surface area contributed by atoms with Crippen LogP contribution in [0.25, 0.3) is 0 Å². The number of hydrogen-bond acceptors (Lipinski definition) is 5. The van der Waals surface area contributed by atoms with E-state index in [4.69, 9.17) is 0 Å². The predicted molar refractivity (Wildman–Crippen MR) is 62.6 cm³/mol. The van der Waals surface area contributed by atoms with E-state index in [0.29, 0.717) is 6.04 Å². The average molecular weight is 253 g/mol. The summed E-state index contributed by atoms with van der Waals surface area (Å²) in [6.45, 7) is 0.795. The summed E-state index contributed by atoms with van der Waals surface area (Å²) in [5, 5.41) is 15.4. The second-order valence-corrected chi connectivity index (χ2v) is 5.70. The van der Waals surface area contributed by atoms with Crippen molar-refractivity contribution >= 4 is 17.7 Å². The molecule has 0 unspecified atom stereocenters. The number of carbonyl (C=O) groups excluding carboxylic acids is 1. The fourth-order valence-electron chi connectivity index (χ4n) is 1.96. The van der Waals surface area contributed by atoms with Gasteiger partial charge in [0.25, 0.3) is 0 Å². The molecule has 1 aromatic rings. The molecular formula is C10H15N5OS. The van der Waals surface area contributed by atoms with Crippen LogP contribution in [-0.2, 0) is 4.79 Å². The summed E-state index contributed by atoms with van der Waals surface area (Å²) >= 11 is 1.50. The second-order valence-electron chi connectivity index (χ2n) is 4.53. The summed E-state index contributed by atoms with van der Waals surface area (Å²) in [7, 11) is 0. The summed E-state index contributed by atoms with van der Waals surface area (Å²) < 4.78 is 1.86. The highest BCUT2D eigenvalue weighted by Crippen LogP contribution is 2.37. The van der Waals surface area contributed by atoms with Gasteiger partial charge in [0.05, 0.1) is 11.3 Å². The van der Waals surface area contributed by atoms with Crippen molar-refractivity contribution in [3.63, 3.8) is 0 Å². The molecule has 92 valence electrons. The highest BCUT2D eigenvalue weighted by atomic mass is 32.2. The highest BCUT2D eigenvalue weighted by molar-refractivity contribution is 8.00. The monoisotopic (exact) mass is 253 g/mol. The van der Waals surface area contributed by atoms with Crippen molar-refractivity contribution in [1.29, 1.82) is 0 Å². The summed E-state index contributed by atoms with van der Waals surface area (Å²) in [6.07, 6.45) is 5.36. The number of hydrogen-bond donors (Lipinski definition) is 1. The van der Waals surface area contributed by atoms with Crippen LogP contribution in [0.3, 0.4) is 0 Å². The molecular weight excluding hydrogens is 238 g/mol. The van der Waals surface area contributed by atoms with E-state index in [2.05, 4.69) is 20.8 Å². The van der Waals surface area contributed by atoms with Crippen LogP contribution in [-0.4, -0.2) is 37.9 Å². The van der Waals surface area contributed by atoms with Gasteiger partial charge in [0.15, 0.2) is 0 Å². The van der Waals surface area contributed by atoms with Gasteiger partial charge in [-0.3, -0.25) is 4.79 Å². The molecule has 1 amide bonds. The summed E-state index contributed by atoms with van der Waals surface area (Å²) in [6, 6.07) is 0.460. The molecule has 1 aliphatic heterocycles. The van der Waals surface area contributed by atoms with Crippen LogP contribution in [0.15, 0.2) is 5.16 Å². The molecule has 0 bridgehead atoms. The van der Waals surface area contributed by atoms with E-state index in [0.717, 1.165) is 43.8 Å². The molecule has 1 saturated heterocycles. The molecule has 1 saturated carbocycles. The number of nitrogens with zero attached hydrogens (tertiary/aromatic N) is 4. The van der Waals surface area contributed by atoms with Gasteiger partial charge in [0.1, 0.15) is 0 Å². The molecule has 6 nitrogen and oxygen atoms in total. The largest absolute Gasteiger partial charge is 0.355 e. The minimum atomic E-state index is -0.0407.